The molecule has 0 aromatic heterocycles. The van der Waals surface area contributed by atoms with Gasteiger partial charge in [0.25, 0.3) is 0 Å². The molecule has 1 unspecified atom stereocenters. The molecular weight excluding hydrogens is 242 g/mol. The van der Waals surface area contributed by atoms with Gasteiger partial charge in [-0.05, 0) is 55.5 Å². The largest absolute Gasteiger partial charge is 0.379 e. The minimum atomic E-state index is 0.331. The van der Waals surface area contributed by atoms with Gasteiger partial charge in [0.1, 0.15) is 0 Å². The Balaban J connectivity index is 2.01. The average molecular weight is 267 g/mol. The molecule has 0 heterocycles. The molecule has 0 aliphatic heterocycles. The van der Waals surface area contributed by atoms with Crippen LogP contribution < -0.4 is 5.32 Å². The molecule has 1 N–H and O–H groups in total. The standard InChI is InChI=1S/C19H25N/c1-4-5-9-17-11-13-18(14-12-17)20-16(3)19-10-7-6-8-15(19)2/h6-8,10-14,16,20H,4-5,9H2,1-3H3. The SMILES string of the molecule is CCCCc1ccc(NC(C)c2ccccc2C)cc1. The molecule has 0 amide bonds. The van der Waals surface area contributed by atoms with Crippen LogP contribution in [0, 0.1) is 6.92 Å². The van der Waals surface area contributed by atoms with Crippen LogP contribution in [0.5, 0.6) is 0 Å². The van der Waals surface area contributed by atoms with E-state index in [1.54, 1.807) is 0 Å². The normalized spacial score (nSPS) is 12.2. The number of nitrogens with one attached hydrogen (secondary N) is 1. The fourth-order valence-corrected chi connectivity index (χ4v) is 2.55. The third-order valence-corrected chi connectivity index (χ3v) is 3.81. The van der Waals surface area contributed by atoms with Crippen molar-refractivity contribution in [2.24, 2.45) is 0 Å². The summed E-state index contributed by atoms with van der Waals surface area (Å²) in [5.41, 5.74) is 5.33. The second kappa shape index (κ2) is 7.14. The molecule has 0 bridgehead atoms. The van der Waals surface area contributed by atoms with Crippen molar-refractivity contribution in [3.63, 3.8) is 0 Å². The van der Waals surface area contributed by atoms with Crippen molar-refractivity contribution in [1.82, 2.24) is 0 Å². The van der Waals surface area contributed by atoms with Crippen molar-refractivity contribution in [3.8, 4) is 0 Å². The van der Waals surface area contributed by atoms with E-state index in [-0.39, 0.29) is 0 Å². The monoisotopic (exact) mass is 267 g/mol. The van der Waals surface area contributed by atoms with Crippen LogP contribution in [0.25, 0.3) is 0 Å². The second-order valence-electron chi connectivity index (χ2n) is 5.52. The third-order valence-electron chi connectivity index (χ3n) is 3.81. The van der Waals surface area contributed by atoms with Crippen LogP contribution in [-0.4, -0.2) is 0 Å². The maximum Gasteiger partial charge on any atom is 0.0488 e. The third kappa shape index (κ3) is 3.86. The predicted molar refractivity (Wildman–Crippen MR) is 88.3 cm³/mol. The number of aryl methyl sites for hydroxylation is 2. The van der Waals surface area contributed by atoms with Gasteiger partial charge in [-0.1, -0.05) is 49.7 Å². The van der Waals surface area contributed by atoms with Gasteiger partial charge < -0.3 is 5.32 Å². The van der Waals surface area contributed by atoms with E-state index >= 15 is 0 Å². The maximum absolute atomic E-state index is 3.58. The lowest BCUT2D eigenvalue weighted by atomic mass is 10.0. The molecular formula is C19H25N. The van der Waals surface area contributed by atoms with E-state index in [2.05, 4.69) is 74.6 Å². The van der Waals surface area contributed by atoms with Gasteiger partial charge in [-0.2, -0.15) is 0 Å². The molecule has 0 aliphatic rings. The molecule has 1 atom stereocenters. The van der Waals surface area contributed by atoms with Crippen molar-refractivity contribution in [3.05, 3.63) is 65.2 Å². The van der Waals surface area contributed by atoms with E-state index in [0.717, 1.165) is 0 Å². The van der Waals surface area contributed by atoms with Gasteiger partial charge in [-0.25, -0.2) is 0 Å². The minimum absolute atomic E-state index is 0.331. The van der Waals surface area contributed by atoms with Crippen LogP contribution in [0.3, 0.4) is 0 Å². The Labute approximate surface area is 123 Å². The highest BCUT2D eigenvalue weighted by molar-refractivity contribution is 5.47. The quantitative estimate of drug-likeness (QED) is 0.727. The zero-order valence-electron chi connectivity index (χ0n) is 12.8. The van der Waals surface area contributed by atoms with Crippen LogP contribution >= 0.6 is 0 Å². The summed E-state index contributed by atoms with van der Waals surface area (Å²) in [7, 11) is 0. The molecule has 1 heteroatoms. The summed E-state index contributed by atoms with van der Waals surface area (Å²) in [5, 5.41) is 3.58. The smallest absolute Gasteiger partial charge is 0.0488 e. The minimum Gasteiger partial charge on any atom is -0.379 e. The molecule has 0 aliphatic carbocycles. The Morgan fingerprint density at radius 2 is 1.70 bits per heavy atom. The van der Waals surface area contributed by atoms with Gasteiger partial charge in [0.05, 0.1) is 0 Å². The molecule has 0 saturated carbocycles. The molecule has 0 radical (unpaired) electrons. The highest BCUT2D eigenvalue weighted by atomic mass is 14.9. The lowest BCUT2D eigenvalue weighted by molar-refractivity contribution is 0.795. The van der Waals surface area contributed by atoms with Crippen molar-refractivity contribution in [1.29, 1.82) is 0 Å². The Kier molecular flexibility index (Phi) is 5.23. The highest BCUT2D eigenvalue weighted by Gasteiger charge is 2.07. The number of rotatable bonds is 6. The Morgan fingerprint density at radius 1 is 1.00 bits per heavy atom. The number of benzene rings is 2. The average Bonchev–Trinajstić information content (AvgIpc) is 2.47. The van der Waals surface area contributed by atoms with E-state index in [0.29, 0.717) is 6.04 Å². The molecule has 20 heavy (non-hydrogen) atoms. The van der Waals surface area contributed by atoms with Crippen molar-refractivity contribution < 1.29 is 0 Å². The van der Waals surface area contributed by atoms with Gasteiger partial charge in [-0.15, -0.1) is 0 Å². The number of unbranched alkanes of at least 4 members (excludes halogenated alkanes) is 1. The number of hydrogen-bond acceptors (Lipinski definition) is 1. The zero-order valence-corrected chi connectivity index (χ0v) is 12.8. The van der Waals surface area contributed by atoms with Crippen molar-refractivity contribution in [2.45, 2.75) is 46.1 Å². The molecule has 0 spiro atoms. The van der Waals surface area contributed by atoms with Crippen LogP contribution in [-0.2, 0) is 6.42 Å². The molecule has 106 valence electrons. The first-order chi connectivity index (χ1) is 9.70. The predicted octanol–water partition coefficient (Wildman–Crippen LogP) is 5.51. The van der Waals surface area contributed by atoms with Crippen LogP contribution in [0.1, 0.15) is 49.4 Å². The number of anilines is 1. The summed E-state index contributed by atoms with van der Waals surface area (Å²) in [6, 6.07) is 17.8. The van der Waals surface area contributed by atoms with Gasteiger partial charge in [0, 0.05) is 11.7 Å². The van der Waals surface area contributed by atoms with E-state index in [1.165, 1.54) is 41.6 Å². The first-order valence-electron chi connectivity index (χ1n) is 7.61. The molecule has 2 rings (SSSR count). The lowest BCUT2D eigenvalue weighted by Crippen LogP contribution is -2.08. The summed E-state index contributed by atoms with van der Waals surface area (Å²) >= 11 is 0. The fourth-order valence-electron chi connectivity index (χ4n) is 2.55. The van der Waals surface area contributed by atoms with E-state index in [4.69, 9.17) is 0 Å². The Morgan fingerprint density at radius 3 is 2.35 bits per heavy atom. The summed E-state index contributed by atoms with van der Waals surface area (Å²) in [6.45, 7) is 6.62. The van der Waals surface area contributed by atoms with Crippen molar-refractivity contribution in [2.75, 3.05) is 5.32 Å². The zero-order chi connectivity index (χ0) is 14.4. The topological polar surface area (TPSA) is 12.0 Å². The fraction of sp³-hybridized carbons (Fsp3) is 0.368. The maximum atomic E-state index is 3.58. The van der Waals surface area contributed by atoms with E-state index in [9.17, 15) is 0 Å². The summed E-state index contributed by atoms with van der Waals surface area (Å²) in [6.07, 6.45) is 3.71. The summed E-state index contributed by atoms with van der Waals surface area (Å²) in [4.78, 5) is 0. The van der Waals surface area contributed by atoms with Crippen molar-refractivity contribution >= 4 is 5.69 Å². The van der Waals surface area contributed by atoms with Gasteiger partial charge in [-0.3, -0.25) is 0 Å². The van der Waals surface area contributed by atoms with E-state index in [1.807, 2.05) is 0 Å². The summed E-state index contributed by atoms with van der Waals surface area (Å²) in [5.74, 6) is 0. The molecule has 0 fully saturated rings. The number of hydrogen-bond donors (Lipinski definition) is 1. The Hall–Kier alpha value is -1.76. The molecule has 2 aromatic rings. The molecule has 2 aromatic carbocycles. The lowest BCUT2D eigenvalue weighted by Gasteiger charge is -2.18. The van der Waals surface area contributed by atoms with E-state index < -0.39 is 0 Å². The second-order valence-corrected chi connectivity index (χ2v) is 5.52. The first kappa shape index (κ1) is 14.6. The molecule has 0 saturated heterocycles. The van der Waals surface area contributed by atoms with Crippen LogP contribution in [0.4, 0.5) is 5.69 Å². The molecule has 1 nitrogen and oxygen atoms in total. The van der Waals surface area contributed by atoms with Gasteiger partial charge in [0.2, 0.25) is 0 Å². The first-order valence-corrected chi connectivity index (χ1v) is 7.61. The Bertz CT molecular complexity index is 528. The van der Waals surface area contributed by atoms with Gasteiger partial charge in [0.15, 0.2) is 0 Å². The van der Waals surface area contributed by atoms with Gasteiger partial charge >= 0.3 is 0 Å². The summed E-state index contributed by atoms with van der Waals surface area (Å²) < 4.78 is 0. The van der Waals surface area contributed by atoms with Crippen LogP contribution in [0.15, 0.2) is 48.5 Å². The highest BCUT2D eigenvalue weighted by Crippen LogP contribution is 2.22. The van der Waals surface area contributed by atoms with Crippen LogP contribution in [0.2, 0.25) is 0 Å².